The van der Waals surface area contributed by atoms with Crippen molar-refractivity contribution in [2.75, 3.05) is 6.54 Å². The van der Waals surface area contributed by atoms with Gasteiger partial charge >= 0.3 is 0 Å². The number of allylic oxidation sites excluding steroid dienone is 1. The second kappa shape index (κ2) is 6.82. The average molecular weight is 203 g/mol. The summed E-state index contributed by atoms with van der Waals surface area (Å²) in [6.07, 6.45) is 5.27. The van der Waals surface area contributed by atoms with E-state index in [1.165, 1.54) is 5.56 Å². The topological polar surface area (TPSA) is 29.1 Å². The summed E-state index contributed by atoms with van der Waals surface area (Å²) in [6.45, 7) is 2.78. The van der Waals surface area contributed by atoms with E-state index in [1.807, 2.05) is 43.3 Å². The van der Waals surface area contributed by atoms with E-state index in [4.69, 9.17) is 0 Å². The van der Waals surface area contributed by atoms with Crippen LogP contribution in [0, 0.1) is 0 Å². The molecule has 2 nitrogen and oxygen atoms in total. The van der Waals surface area contributed by atoms with Gasteiger partial charge in [-0.25, -0.2) is 0 Å². The van der Waals surface area contributed by atoms with E-state index in [0.29, 0.717) is 0 Å². The third kappa shape index (κ3) is 5.01. The SMILES string of the molecule is CCCNC(=O)C=CCc1ccccc1. The molecular weight excluding hydrogens is 186 g/mol. The molecule has 0 aliphatic carbocycles. The number of nitrogens with one attached hydrogen (secondary N) is 1. The summed E-state index contributed by atoms with van der Waals surface area (Å²) in [5, 5.41) is 2.79. The molecule has 0 saturated heterocycles. The van der Waals surface area contributed by atoms with Gasteiger partial charge in [0, 0.05) is 6.54 Å². The monoisotopic (exact) mass is 203 g/mol. The highest BCUT2D eigenvalue weighted by atomic mass is 16.1. The van der Waals surface area contributed by atoms with E-state index < -0.39 is 0 Å². The Bertz CT molecular complexity index is 317. The van der Waals surface area contributed by atoms with Crippen LogP contribution in [0.1, 0.15) is 18.9 Å². The number of carbonyl (C=O) groups is 1. The Morgan fingerprint density at radius 2 is 2.07 bits per heavy atom. The molecule has 0 radical (unpaired) electrons. The fourth-order valence-corrected chi connectivity index (χ4v) is 1.22. The zero-order chi connectivity index (χ0) is 10.9. The van der Waals surface area contributed by atoms with Gasteiger partial charge in [0.2, 0.25) is 5.91 Å². The number of hydrogen-bond acceptors (Lipinski definition) is 1. The van der Waals surface area contributed by atoms with Crippen molar-refractivity contribution in [3.05, 3.63) is 48.0 Å². The van der Waals surface area contributed by atoms with E-state index >= 15 is 0 Å². The Balaban J connectivity index is 2.30. The fourth-order valence-electron chi connectivity index (χ4n) is 1.22. The minimum atomic E-state index is -0.00668. The third-order valence-electron chi connectivity index (χ3n) is 2.01. The van der Waals surface area contributed by atoms with Gasteiger partial charge < -0.3 is 5.32 Å². The first-order chi connectivity index (χ1) is 7.33. The third-order valence-corrected chi connectivity index (χ3v) is 2.01. The number of rotatable bonds is 5. The molecule has 0 unspecified atom stereocenters. The first-order valence-corrected chi connectivity index (χ1v) is 5.31. The standard InChI is InChI=1S/C13H17NO/c1-2-11-14-13(15)10-6-9-12-7-4-3-5-8-12/h3-8,10H,2,9,11H2,1H3,(H,14,15). The molecule has 1 aromatic carbocycles. The quantitative estimate of drug-likeness (QED) is 0.731. The Morgan fingerprint density at radius 3 is 2.73 bits per heavy atom. The summed E-state index contributed by atoms with van der Waals surface area (Å²) >= 11 is 0. The minimum absolute atomic E-state index is 0.00668. The average Bonchev–Trinajstić information content (AvgIpc) is 2.28. The van der Waals surface area contributed by atoms with Crippen LogP contribution in [0.5, 0.6) is 0 Å². The molecule has 1 N–H and O–H groups in total. The minimum Gasteiger partial charge on any atom is -0.353 e. The lowest BCUT2D eigenvalue weighted by Crippen LogP contribution is -2.21. The summed E-state index contributed by atoms with van der Waals surface area (Å²) in [5.74, 6) is -0.00668. The van der Waals surface area contributed by atoms with Crippen LogP contribution in [0.25, 0.3) is 0 Å². The van der Waals surface area contributed by atoms with Gasteiger partial charge in [0.05, 0.1) is 0 Å². The van der Waals surface area contributed by atoms with Crippen LogP contribution in [0.4, 0.5) is 0 Å². The molecule has 0 saturated carbocycles. The molecule has 80 valence electrons. The predicted molar refractivity (Wildman–Crippen MR) is 62.6 cm³/mol. The zero-order valence-corrected chi connectivity index (χ0v) is 9.07. The van der Waals surface area contributed by atoms with Crippen molar-refractivity contribution in [1.29, 1.82) is 0 Å². The largest absolute Gasteiger partial charge is 0.353 e. The summed E-state index contributed by atoms with van der Waals surface area (Å²) in [6, 6.07) is 10.1. The smallest absolute Gasteiger partial charge is 0.243 e. The van der Waals surface area contributed by atoms with Gasteiger partial charge in [-0.05, 0) is 24.5 Å². The molecule has 0 spiro atoms. The molecule has 0 bridgehead atoms. The van der Waals surface area contributed by atoms with Crippen molar-refractivity contribution < 1.29 is 4.79 Å². The maximum atomic E-state index is 11.2. The highest BCUT2D eigenvalue weighted by molar-refractivity contribution is 5.87. The summed E-state index contributed by atoms with van der Waals surface area (Å²) in [7, 11) is 0. The fraction of sp³-hybridized carbons (Fsp3) is 0.308. The molecule has 1 rings (SSSR count). The highest BCUT2D eigenvalue weighted by Crippen LogP contribution is 1.99. The molecule has 15 heavy (non-hydrogen) atoms. The van der Waals surface area contributed by atoms with E-state index in [9.17, 15) is 4.79 Å². The van der Waals surface area contributed by atoms with Crippen LogP contribution in [-0.2, 0) is 11.2 Å². The van der Waals surface area contributed by atoms with Crippen LogP contribution in [0.15, 0.2) is 42.5 Å². The van der Waals surface area contributed by atoms with Gasteiger partial charge in [-0.3, -0.25) is 4.79 Å². The maximum Gasteiger partial charge on any atom is 0.243 e. The first kappa shape index (κ1) is 11.5. The van der Waals surface area contributed by atoms with Crippen LogP contribution in [-0.4, -0.2) is 12.5 Å². The molecule has 0 aliphatic rings. The van der Waals surface area contributed by atoms with Crippen molar-refractivity contribution in [1.82, 2.24) is 5.32 Å². The van der Waals surface area contributed by atoms with Crippen molar-refractivity contribution in [2.45, 2.75) is 19.8 Å². The second-order valence-electron chi connectivity index (χ2n) is 3.38. The molecule has 0 heterocycles. The maximum absolute atomic E-state index is 11.2. The summed E-state index contributed by atoms with van der Waals surface area (Å²) in [5.41, 5.74) is 1.22. The van der Waals surface area contributed by atoms with Gasteiger partial charge in [-0.1, -0.05) is 43.3 Å². The molecule has 1 aromatic rings. The lowest BCUT2D eigenvalue weighted by Gasteiger charge is -1.97. The molecule has 2 heteroatoms. The molecule has 1 amide bonds. The van der Waals surface area contributed by atoms with Crippen molar-refractivity contribution in [2.24, 2.45) is 0 Å². The molecule has 0 aliphatic heterocycles. The van der Waals surface area contributed by atoms with E-state index in [-0.39, 0.29) is 5.91 Å². The molecule has 0 atom stereocenters. The number of hydrogen-bond donors (Lipinski definition) is 1. The number of carbonyl (C=O) groups excluding carboxylic acids is 1. The lowest BCUT2D eigenvalue weighted by molar-refractivity contribution is -0.116. The van der Waals surface area contributed by atoms with Crippen LogP contribution in [0.2, 0.25) is 0 Å². The first-order valence-electron chi connectivity index (χ1n) is 5.31. The van der Waals surface area contributed by atoms with Gasteiger partial charge in [0.25, 0.3) is 0 Å². The normalized spacial score (nSPS) is 10.5. The van der Waals surface area contributed by atoms with Gasteiger partial charge in [0.1, 0.15) is 0 Å². The van der Waals surface area contributed by atoms with Gasteiger partial charge in [0.15, 0.2) is 0 Å². The van der Waals surface area contributed by atoms with E-state index in [0.717, 1.165) is 19.4 Å². The summed E-state index contributed by atoms with van der Waals surface area (Å²) in [4.78, 5) is 11.2. The molecular formula is C13H17NO. The van der Waals surface area contributed by atoms with Crippen LogP contribution >= 0.6 is 0 Å². The Kier molecular flexibility index (Phi) is 5.23. The Morgan fingerprint density at radius 1 is 1.33 bits per heavy atom. The van der Waals surface area contributed by atoms with E-state index in [2.05, 4.69) is 5.32 Å². The van der Waals surface area contributed by atoms with Crippen LogP contribution < -0.4 is 5.32 Å². The van der Waals surface area contributed by atoms with Crippen molar-refractivity contribution in [3.8, 4) is 0 Å². The summed E-state index contributed by atoms with van der Waals surface area (Å²) < 4.78 is 0. The Labute approximate surface area is 91.0 Å². The lowest BCUT2D eigenvalue weighted by atomic mass is 10.1. The van der Waals surface area contributed by atoms with Crippen molar-refractivity contribution >= 4 is 5.91 Å². The predicted octanol–water partition coefficient (Wildman–Crippen LogP) is 2.31. The van der Waals surface area contributed by atoms with Crippen LogP contribution in [0.3, 0.4) is 0 Å². The van der Waals surface area contributed by atoms with Crippen molar-refractivity contribution in [3.63, 3.8) is 0 Å². The van der Waals surface area contributed by atoms with Gasteiger partial charge in [-0.15, -0.1) is 0 Å². The second-order valence-corrected chi connectivity index (χ2v) is 3.38. The number of amides is 1. The molecule has 0 aromatic heterocycles. The molecule has 0 fully saturated rings. The van der Waals surface area contributed by atoms with E-state index in [1.54, 1.807) is 6.08 Å². The zero-order valence-electron chi connectivity index (χ0n) is 9.07. The number of benzene rings is 1. The Hall–Kier alpha value is -1.57. The highest BCUT2D eigenvalue weighted by Gasteiger charge is 1.92. The van der Waals surface area contributed by atoms with Gasteiger partial charge in [-0.2, -0.15) is 0 Å².